The SMILES string of the molecule is COc1nc(-c2cccc(-c3cccc(Nc4nccc(CNc5ccccc5C(=O)O)c4F)c3Cl)c2Cl)ccc1CNC[C@@H]1CCC(=O)N1. The van der Waals surface area contributed by atoms with Gasteiger partial charge in [-0.15, -0.1) is 0 Å². The lowest BCUT2D eigenvalue weighted by atomic mass is 10.00. The van der Waals surface area contributed by atoms with E-state index in [1.54, 1.807) is 37.4 Å². The van der Waals surface area contributed by atoms with Crippen LogP contribution in [0.15, 0.2) is 85.1 Å². The molecule has 0 bridgehead atoms. The van der Waals surface area contributed by atoms with Crippen LogP contribution in [0.2, 0.25) is 10.0 Å². The van der Waals surface area contributed by atoms with E-state index in [0.29, 0.717) is 69.2 Å². The second-order valence-electron chi connectivity index (χ2n) is 11.6. The first-order valence-corrected chi connectivity index (χ1v) is 16.6. The highest BCUT2D eigenvalue weighted by Gasteiger charge is 2.21. The maximum Gasteiger partial charge on any atom is 0.337 e. The van der Waals surface area contributed by atoms with Gasteiger partial charge in [0.2, 0.25) is 11.8 Å². The normalized spacial score (nSPS) is 13.9. The number of carbonyl (C=O) groups is 2. The van der Waals surface area contributed by atoms with Crippen molar-refractivity contribution in [2.75, 3.05) is 24.3 Å². The number of para-hydroxylation sites is 1. The Hall–Kier alpha value is -5.23. The molecule has 0 aliphatic carbocycles. The van der Waals surface area contributed by atoms with Crippen LogP contribution in [0.1, 0.15) is 34.3 Å². The summed E-state index contributed by atoms with van der Waals surface area (Å²) in [7, 11) is 1.56. The Morgan fingerprint density at radius 1 is 0.940 bits per heavy atom. The molecule has 50 heavy (non-hydrogen) atoms. The molecule has 2 aromatic heterocycles. The lowest BCUT2D eigenvalue weighted by Gasteiger charge is -2.16. The second-order valence-corrected chi connectivity index (χ2v) is 12.4. The van der Waals surface area contributed by atoms with Gasteiger partial charge in [0.1, 0.15) is 0 Å². The molecule has 0 radical (unpaired) electrons. The minimum absolute atomic E-state index is 0.0277. The van der Waals surface area contributed by atoms with Gasteiger partial charge in [-0.05, 0) is 36.8 Å². The van der Waals surface area contributed by atoms with E-state index >= 15 is 4.39 Å². The summed E-state index contributed by atoms with van der Waals surface area (Å²) in [5.41, 5.74) is 4.53. The van der Waals surface area contributed by atoms with E-state index in [9.17, 15) is 14.7 Å². The monoisotopic (exact) mass is 714 g/mol. The van der Waals surface area contributed by atoms with Crippen molar-refractivity contribution in [2.45, 2.75) is 32.0 Å². The summed E-state index contributed by atoms with van der Waals surface area (Å²) in [6.45, 7) is 1.19. The van der Waals surface area contributed by atoms with Gasteiger partial charge in [0.25, 0.3) is 0 Å². The summed E-state index contributed by atoms with van der Waals surface area (Å²) in [5.74, 6) is -1.22. The number of hydrogen-bond donors (Lipinski definition) is 5. The van der Waals surface area contributed by atoms with Crippen molar-refractivity contribution in [3.8, 4) is 28.3 Å². The highest BCUT2D eigenvalue weighted by molar-refractivity contribution is 6.39. The van der Waals surface area contributed by atoms with Gasteiger partial charge >= 0.3 is 5.97 Å². The van der Waals surface area contributed by atoms with Gasteiger partial charge in [-0.1, -0.05) is 71.7 Å². The molecular weight excluding hydrogens is 682 g/mol. The van der Waals surface area contributed by atoms with Crippen molar-refractivity contribution in [3.05, 3.63) is 118 Å². The number of carboxylic acids is 1. The largest absolute Gasteiger partial charge is 0.481 e. The van der Waals surface area contributed by atoms with Gasteiger partial charge in [0.05, 0.1) is 34.1 Å². The molecule has 256 valence electrons. The predicted octanol–water partition coefficient (Wildman–Crippen LogP) is 7.69. The van der Waals surface area contributed by atoms with E-state index in [2.05, 4.69) is 26.3 Å². The molecule has 1 aliphatic rings. The Kier molecular flexibility index (Phi) is 10.8. The Labute approximate surface area is 298 Å². The van der Waals surface area contributed by atoms with Gasteiger partial charge in [-0.2, -0.15) is 0 Å². The molecule has 3 aromatic carbocycles. The molecular formula is C37H33Cl2FN6O4. The number of nitrogens with zero attached hydrogens (tertiary/aromatic N) is 2. The van der Waals surface area contributed by atoms with Crippen LogP contribution in [0.3, 0.4) is 0 Å². The number of nitrogens with one attached hydrogen (secondary N) is 4. The van der Waals surface area contributed by atoms with Crippen LogP contribution in [0.4, 0.5) is 21.6 Å². The molecule has 13 heteroatoms. The molecule has 1 amide bonds. The number of hydrogen-bond acceptors (Lipinski definition) is 8. The van der Waals surface area contributed by atoms with Gasteiger partial charge < -0.3 is 31.1 Å². The van der Waals surface area contributed by atoms with Crippen molar-refractivity contribution in [2.24, 2.45) is 0 Å². The van der Waals surface area contributed by atoms with Crippen LogP contribution in [0.5, 0.6) is 5.88 Å². The fourth-order valence-electron chi connectivity index (χ4n) is 5.77. The van der Waals surface area contributed by atoms with Crippen LogP contribution in [0.25, 0.3) is 22.4 Å². The predicted molar refractivity (Wildman–Crippen MR) is 193 cm³/mol. The lowest BCUT2D eigenvalue weighted by Crippen LogP contribution is -2.35. The molecule has 1 saturated heterocycles. The van der Waals surface area contributed by atoms with Crippen molar-refractivity contribution in [3.63, 3.8) is 0 Å². The van der Waals surface area contributed by atoms with Crippen LogP contribution in [-0.2, 0) is 17.9 Å². The zero-order valence-electron chi connectivity index (χ0n) is 26.9. The van der Waals surface area contributed by atoms with Crippen molar-refractivity contribution in [1.29, 1.82) is 0 Å². The maximum atomic E-state index is 15.6. The molecule has 0 spiro atoms. The number of benzene rings is 3. The molecule has 5 aromatic rings. The average Bonchev–Trinajstić information content (AvgIpc) is 3.54. The number of aromatic nitrogens is 2. The van der Waals surface area contributed by atoms with Crippen LogP contribution in [0, 0.1) is 5.82 Å². The molecule has 1 atom stereocenters. The minimum Gasteiger partial charge on any atom is -0.481 e. The van der Waals surface area contributed by atoms with Crippen LogP contribution < -0.4 is 26.0 Å². The molecule has 0 unspecified atom stereocenters. The number of carbonyl (C=O) groups excluding carboxylic acids is 1. The van der Waals surface area contributed by atoms with E-state index in [-0.39, 0.29) is 35.4 Å². The minimum atomic E-state index is -1.09. The summed E-state index contributed by atoms with van der Waals surface area (Å²) in [6.07, 6.45) is 2.82. The first-order valence-electron chi connectivity index (χ1n) is 15.8. The summed E-state index contributed by atoms with van der Waals surface area (Å²) < 4.78 is 21.2. The van der Waals surface area contributed by atoms with Gasteiger partial charge in [0.15, 0.2) is 11.6 Å². The smallest absolute Gasteiger partial charge is 0.337 e. The van der Waals surface area contributed by atoms with Gasteiger partial charge in [-0.25, -0.2) is 19.2 Å². The van der Waals surface area contributed by atoms with E-state index < -0.39 is 11.8 Å². The number of rotatable bonds is 13. The second kappa shape index (κ2) is 15.5. The highest BCUT2D eigenvalue weighted by Crippen LogP contribution is 2.42. The topological polar surface area (TPSA) is 138 Å². The van der Waals surface area contributed by atoms with Crippen molar-refractivity contribution in [1.82, 2.24) is 20.6 Å². The summed E-state index contributed by atoms with van der Waals surface area (Å²) in [6, 6.07) is 22.7. The quantitative estimate of drug-likeness (QED) is 0.0831. The van der Waals surface area contributed by atoms with Crippen molar-refractivity contribution >= 4 is 52.3 Å². The zero-order chi connectivity index (χ0) is 35.2. The Morgan fingerprint density at radius 3 is 2.44 bits per heavy atom. The third-order valence-electron chi connectivity index (χ3n) is 8.34. The molecule has 5 N–H and O–H groups in total. The Morgan fingerprint density at radius 2 is 1.68 bits per heavy atom. The van der Waals surface area contributed by atoms with Crippen molar-refractivity contribution < 1.29 is 23.8 Å². The number of aromatic carboxylic acids is 1. The van der Waals surface area contributed by atoms with E-state index in [1.165, 1.54) is 18.3 Å². The number of pyridine rings is 2. The first kappa shape index (κ1) is 34.6. The summed E-state index contributed by atoms with van der Waals surface area (Å²) in [4.78, 5) is 32.0. The fourth-order valence-corrected chi connectivity index (χ4v) is 6.37. The van der Waals surface area contributed by atoms with Crippen LogP contribution in [-0.4, -0.2) is 46.6 Å². The first-order chi connectivity index (χ1) is 24.2. The van der Waals surface area contributed by atoms with Gasteiger partial charge in [-0.3, -0.25) is 4.79 Å². The molecule has 0 saturated carbocycles. The van der Waals surface area contributed by atoms with E-state index in [4.69, 9.17) is 32.9 Å². The number of ether oxygens (including phenoxy) is 1. The lowest BCUT2D eigenvalue weighted by molar-refractivity contribution is -0.119. The van der Waals surface area contributed by atoms with Gasteiger partial charge in [0, 0.05) is 71.8 Å². The Bertz CT molecular complexity index is 2060. The average molecular weight is 716 g/mol. The summed E-state index contributed by atoms with van der Waals surface area (Å²) in [5, 5.41) is 22.5. The number of anilines is 3. The molecule has 1 fully saturated rings. The molecule has 3 heterocycles. The van der Waals surface area contributed by atoms with Crippen LogP contribution >= 0.6 is 23.2 Å². The Balaban J connectivity index is 1.20. The number of carboxylic acid groups (broad SMARTS) is 1. The number of amides is 1. The number of halogens is 3. The zero-order valence-corrected chi connectivity index (χ0v) is 28.4. The third-order valence-corrected chi connectivity index (χ3v) is 9.15. The summed E-state index contributed by atoms with van der Waals surface area (Å²) >= 11 is 13.9. The maximum absolute atomic E-state index is 15.6. The third kappa shape index (κ3) is 7.65. The number of methoxy groups -OCH3 is 1. The van der Waals surface area contributed by atoms with E-state index in [0.717, 1.165) is 12.0 Å². The fraction of sp³-hybridized carbons (Fsp3) is 0.189. The molecule has 1 aliphatic heterocycles. The highest BCUT2D eigenvalue weighted by atomic mass is 35.5. The standard InChI is InChI=1S/C37H33Cl2FN6O4/c1-50-36-22(18-41-20-23-13-15-31(47)44-23)12-14-29(46-36)26-9-4-7-24(32(26)38)25-8-5-11-30(33(25)39)45-35-34(40)21(16-17-42-35)19-43-28-10-3-2-6-27(28)37(48)49/h2-12,14,16-17,23,41,43H,13,15,18-20H2,1H3,(H,42,45)(H,44,47)(H,48,49)/t23-/m0/s1. The van der Waals surface area contributed by atoms with E-state index in [1.807, 2.05) is 36.4 Å². The molecule has 6 rings (SSSR count). The molecule has 10 nitrogen and oxygen atoms in total.